The zero-order valence-electron chi connectivity index (χ0n) is 14.5. The highest BCUT2D eigenvalue weighted by atomic mass is 35.5. The molecule has 0 unspecified atom stereocenters. The number of nitrogens with zero attached hydrogens (tertiary/aromatic N) is 1. The number of benzene rings is 1. The number of rotatable bonds is 7. The van der Waals surface area contributed by atoms with Crippen LogP contribution in [0.4, 0.5) is 0 Å². The van der Waals surface area contributed by atoms with E-state index in [4.69, 9.17) is 33.3 Å². The van der Waals surface area contributed by atoms with E-state index in [1.54, 1.807) is 6.20 Å². The summed E-state index contributed by atoms with van der Waals surface area (Å²) in [5.74, 6) is 0. The number of aromatic amines is 2. The molecule has 0 spiro atoms. The molecule has 0 amide bonds. The van der Waals surface area contributed by atoms with Gasteiger partial charge in [-0.15, -0.1) is 0 Å². The van der Waals surface area contributed by atoms with Crippen LogP contribution in [0.3, 0.4) is 0 Å². The molecule has 0 saturated heterocycles. The first-order valence-corrected chi connectivity index (χ1v) is 9.15. The van der Waals surface area contributed by atoms with Crippen molar-refractivity contribution in [2.45, 2.75) is 26.7 Å². The van der Waals surface area contributed by atoms with E-state index >= 15 is 0 Å². The first kappa shape index (κ1) is 18.8. The molecule has 0 radical (unpaired) electrons. The molecule has 138 valence electrons. The van der Waals surface area contributed by atoms with Crippen LogP contribution in [-0.4, -0.2) is 27.7 Å². The summed E-state index contributed by atoms with van der Waals surface area (Å²) in [7, 11) is 0. The van der Waals surface area contributed by atoms with Gasteiger partial charge in [-0.25, -0.2) is 0 Å². The topological polar surface area (TPSA) is 72.0 Å². The van der Waals surface area contributed by atoms with Crippen LogP contribution in [0.1, 0.15) is 31.3 Å². The van der Waals surface area contributed by atoms with Gasteiger partial charge >= 0.3 is 0 Å². The first-order valence-electron chi connectivity index (χ1n) is 8.36. The van der Waals surface area contributed by atoms with Gasteiger partial charge in [0.15, 0.2) is 11.1 Å². The Morgan fingerprint density at radius 2 is 1.96 bits per heavy atom. The van der Waals surface area contributed by atoms with E-state index in [9.17, 15) is 4.79 Å². The second-order valence-electron chi connectivity index (χ2n) is 5.67. The Kier molecular flexibility index (Phi) is 5.93. The molecule has 0 fully saturated rings. The number of aromatic nitrogens is 3. The summed E-state index contributed by atoms with van der Waals surface area (Å²) in [5.41, 5.74) is 2.79. The zero-order valence-corrected chi connectivity index (χ0v) is 16.1. The third-order valence-electron chi connectivity index (χ3n) is 4.03. The van der Waals surface area contributed by atoms with Crippen LogP contribution in [-0.2, 0) is 16.0 Å². The number of nitrogens with one attached hydrogen (secondary N) is 2. The summed E-state index contributed by atoms with van der Waals surface area (Å²) in [5, 5.41) is 0.602. The van der Waals surface area contributed by atoms with Crippen LogP contribution < -0.4 is 5.56 Å². The summed E-state index contributed by atoms with van der Waals surface area (Å²) in [6.45, 7) is 5.30. The summed E-state index contributed by atoms with van der Waals surface area (Å²) in [4.78, 5) is 17.7. The Bertz CT molecular complexity index is 1020. The molecule has 3 aromatic rings. The lowest BCUT2D eigenvalue weighted by Gasteiger charge is -2.21. The van der Waals surface area contributed by atoms with Gasteiger partial charge in [-0.2, -0.15) is 0 Å². The van der Waals surface area contributed by atoms with Gasteiger partial charge in [0, 0.05) is 30.0 Å². The van der Waals surface area contributed by atoms with Gasteiger partial charge in [-0.1, -0.05) is 17.7 Å². The summed E-state index contributed by atoms with van der Waals surface area (Å²) < 4.78 is 13.7. The quantitative estimate of drug-likeness (QED) is 0.467. The minimum atomic E-state index is -0.516. The molecule has 26 heavy (non-hydrogen) atoms. The molecule has 0 atom stereocenters. The first-order chi connectivity index (χ1) is 12.5. The van der Waals surface area contributed by atoms with Crippen molar-refractivity contribution in [3.63, 3.8) is 0 Å². The van der Waals surface area contributed by atoms with E-state index in [0.29, 0.717) is 35.1 Å². The lowest BCUT2D eigenvalue weighted by Crippen LogP contribution is -2.17. The van der Waals surface area contributed by atoms with E-state index in [1.165, 1.54) is 0 Å². The predicted molar refractivity (Wildman–Crippen MR) is 104 cm³/mol. The molecule has 0 saturated carbocycles. The van der Waals surface area contributed by atoms with Crippen LogP contribution in [0.15, 0.2) is 35.3 Å². The number of H-pyrrole nitrogens is 2. The molecule has 3 rings (SSSR count). The lowest BCUT2D eigenvalue weighted by molar-refractivity contribution is -0.140. The van der Waals surface area contributed by atoms with Crippen LogP contribution in [0, 0.1) is 4.77 Å². The van der Waals surface area contributed by atoms with Crippen molar-refractivity contribution in [3.05, 3.63) is 61.7 Å². The molecule has 1 aromatic carbocycles. The average Bonchev–Trinajstić information content (AvgIpc) is 3.09. The van der Waals surface area contributed by atoms with Crippen molar-refractivity contribution in [3.8, 4) is 0 Å². The second-order valence-corrected chi connectivity index (χ2v) is 6.49. The highest BCUT2D eigenvalue weighted by Gasteiger charge is 2.18. The fourth-order valence-electron chi connectivity index (χ4n) is 2.89. The van der Waals surface area contributed by atoms with Gasteiger partial charge in [-0.3, -0.25) is 9.78 Å². The van der Waals surface area contributed by atoms with Crippen molar-refractivity contribution in [2.75, 3.05) is 13.2 Å². The molecule has 0 aliphatic rings. The molecule has 8 heteroatoms. The molecule has 0 aliphatic carbocycles. The Hall–Kier alpha value is -1.93. The fraction of sp³-hybridized carbons (Fsp3) is 0.333. The highest BCUT2D eigenvalue weighted by molar-refractivity contribution is 7.71. The molecule has 6 nitrogen and oxygen atoms in total. The average molecular weight is 394 g/mol. The predicted octanol–water partition coefficient (Wildman–Crippen LogP) is 4.16. The van der Waals surface area contributed by atoms with Gasteiger partial charge in [0.25, 0.3) is 5.56 Å². The molecular formula is C18H20ClN3O3S. The van der Waals surface area contributed by atoms with E-state index < -0.39 is 6.29 Å². The maximum absolute atomic E-state index is 12.0. The van der Waals surface area contributed by atoms with Gasteiger partial charge in [0.1, 0.15) is 5.52 Å². The molecular weight excluding hydrogens is 374 g/mol. The molecule has 2 aromatic heterocycles. The van der Waals surface area contributed by atoms with Gasteiger partial charge in [0.2, 0.25) is 0 Å². The maximum atomic E-state index is 12.0. The number of hydrogen-bond donors (Lipinski definition) is 2. The summed E-state index contributed by atoms with van der Waals surface area (Å²) >= 11 is 11.6. The van der Waals surface area contributed by atoms with Gasteiger partial charge < -0.3 is 19.0 Å². The number of hydrogen-bond acceptors (Lipinski definition) is 4. The maximum Gasteiger partial charge on any atom is 0.276 e. The number of ether oxygens (including phenoxy) is 2. The van der Waals surface area contributed by atoms with Gasteiger partial charge in [-0.05, 0) is 49.8 Å². The Labute approximate surface area is 160 Å². The monoisotopic (exact) mass is 393 g/mol. The second kappa shape index (κ2) is 8.18. The Morgan fingerprint density at radius 3 is 2.65 bits per heavy atom. The van der Waals surface area contributed by atoms with E-state index in [-0.39, 0.29) is 5.56 Å². The number of halogens is 1. The largest absolute Gasteiger partial charge is 0.355 e. The SMILES string of the molecule is CCOC(OCC)c1cc(Cl)ccc1Cn1c(=S)[nH]c(=O)c2[nH]ccc21. The summed E-state index contributed by atoms with van der Waals surface area (Å²) in [6.07, 6.45) is 1.20. The lowest BCUT2D eigenvalue weighted by atomic mass is 10.1. The fourth-order valence-corrected chi connectivity index (χ4v) is 3.33. The molecule has 2 N–H and O–H groups in total. The van der Waals surface area contributed by atoms with E-state index in [0.717, 1.165) is 16.6 Å². The smallest absolute Gasteiger partial charge is 0.276 e. The normalized spacial score (nSPS) is 11.5. The molecule has 0 aliphatic heterocycles. The minimum Gasteiger partial charge on any atom is -0.355 e. The van der Waals surface area contributed by atoms with Crippen LogP contribution in [0.5, 0.6) is 0 Å². The van der Waals surface area contributed by atoms with Crippen LogP contribution in [0.25, 0.3) is 11.0 Å². The van der Waals surface area contributed by atoms with Crippen molar-refractivity contribution in [2.24, 2.45) is 0 Å². The van der Waals surface area contributed by atoms with Crippen LogP contribution in [0.2, 0.25) is 5.02 Å². The van der Waals surface area contributed by atoms with Gasteiger partial charge in [0.05, 0.1) is 12.1 Å². The van der Waals surface area contributed by atoms with Crippen molar-refractivity contribution in [1.29, 1.82) is 0 Å². The molecule has 2 heterocycles. The van der Waals surface area contributed by atoms with Crippen LogP contribution >= 0.6 is 23.8 Å². The summed E-state index contributed by atoms with van der Waals surface area (Å²) in [6, 6.07) is 7.42. The van der Waals surface area contributed by atoms with Crippen molar-refractivity contribution < 1.29 is 9.47 Å². The van der Waals surface area contributed by atoms with Crippen molar-refractivity contribution in [1.82, 2.24) is 14.5 Å². The third kappa shape index (κ3) is 3.76. The Morgan fingerprint density at radius 1 is 1.23 bits per heavy atom. The highest BCUT2D eigenvalue weighted by Crippen LogP contribution is 2.27. The van der Waals surface area contributed by atoms with E-state index in [2.05, 4.69) is 9.97 Å². The third-order valence-corrected chi connectivity index (χ3v) is 4.59. The standard InChI is InChI=1S/C18H20ClN3O3S/c1-3-24-17(25-4-2)13-9-12(19)6-5-11(13)10-22-14-7-8-20-15(14)16(23)21-18(22)26/h5-9,17,20H,3-4,10H2,1-2H3,(H,21,23,26). The number of fused-ring (bicyclic) bond motifs is 1. The molecule has 0 bridgehead atoms. The minimum absolute atomic E-state index is 0.232. The van der Waals surface area contributed by atoms with E-state index in [1.807, 2.05) is 42.7 Å². The zero-order chi connectivity index (χ0) is 18.7. The Balaban J connectivity index is 2.10. The van der Waals surface area contributed by atoms with Crippen molar-refractivity contribution >= 4 is 34.9 Å².